The van der Waals surface area contributed by atoms with Crippen LogP contribution in [-0.4, -0.2) is 32.3 Å². The van der Waals surface area contributed by atoms with E-state index in [1.54, 1.807) is 27.7 Å². The van der Waals surface area contributed by atoms with Crippen LogP contribution in [0.5, 0.6) is 0 Å². The fourth-order valence-electron chi connectivity index (χ4n) is 2.79. The minimum absolute atomic E-state index is 0.0539. The van der Waals surface area contributed by atoms with E-state index in [0.717, 1.165) is 30.7 Å². The van der Waals surface area contributed by atoms with Crippen LogP contribution in [0.15, 0.2) is 29.3 Å². The smallest absolute Gasteiger partial charge is 0.266 e. The summed E-state index contributed by atoms with van der Waals surface area (Å²) in [7, 11) is 1.86. The van der Waals surface area contributed by atoms with E-state index >= 15 is 0 Å². The van der Waals surface area contributed by atoms with E-state index in [2.05, 4.69) is 17.1 Å². The lowest BCUT2D eigenvalue weighted by Crippen LogP contribution is -2.31. The van der Waals surface area contributed by atoms with E-state index in [-0.39, 0.29) is 11.7 Å². The molecule has 1 fully saturated rings. The molecular weight excluding hydrogens is 268 g/mol. The van der Waals surface area contributed by atoms with Crippen molar-refractivity contribution in [2.45, 2.75) is 32.4 Å². The van der Waals surface area contributed by atoms with Crippen LogP contribution in [0, 0.1) is 5.92 Å². The summed E-state index contributed by atoms with van der Waals surface area (Å²) in [5, 5.41) is 8.63. The molecule has 2 atom stereocenters. The first-order valence-corrected chi connectivity index (χ1v) is 7.30. The van der Waals surface area contributed by atoms with Gasteiger partial charge in [0.1, 0.15) is 0 Å². The minimum Gasteiger partial charge on any atom is -0.378 e. The summed E-state index contributed by atoms with van der Waals surface area (Å²) in [5.41, 5.74) is 1.65. The summed E-state index contributed by atoms with van der Waals surface area (Å²) in [4.78, 5) is 12.0. The highest BCUT2D eigenvalue weighted by Gasteiger charge is 2.20. The molecule has 112 valence electrons. The third kappa shape index (κ3) is 3.21. The number of rotatable bonds is 3. The molecule has 2 aromatic rings. The average Bonchev–Trinajstić information content (AvgIpc) is 2.88. The molecule has 0 radical (unpaired) electrons. The SMILES string of the molecule is CC1CC(Cn2nc(-c3cnn(C)c3)ccc2=O)CCO1. The number of aromatic nitrogens is 4. The molecule has 1 aliphatic heterocycles. The second kappa shape index (κ2) is 5.81. The monoisotopic (exact) mass is 288 g/mol. The second-order valence-electron chi connectivity index (χ2n) is 5.71. The van der Waals surface area contributed by atoms with Crippen LogP contribution in [-0.2, 0) is 18.3 Å². The molecule has 0 aromatic carbocycles. The topological polar surface area (TPSA) is 61.9 Å². The molecule has 0 bridgehead atoms. The zero-order chi connectivity index (χ0) is 14.8. The molecule has 3 rings (SSSR count). The van der Waals surface area contributed by atoms with Crippen molar-refractivity contribution in [3.63, 3.8) is 0 Å². The Bertz CT molecular complexity index is 676. The Labute approximate surface area is 123 Å². The normalized spacial score (nSPS) is 22.4. The first-order valence-electron chi connectivity index (χ1n) is 7.30. The van der Waals surface area contributed by atoms with Gasteiger partial charge in [-0.05, 0) is 31.7 Å². The van der Waals surface area contributed by atoms with Crippen LogP contribution in [0.3, 0.4) is 0 Å². The molecule has 0 saturated carbocycles. The first-order chi connectivity index (χ1) is 10.1. The van der Waals surface area contributed by atoms with E-state index in [1.165, 1.54) is 0 Å². The van der Waals surface area contributed by atoms with Crippen LogP contribution in [0.2, 0.25) is 0 Å². The van der Waals surface area contributed by atoms with Crippen LogP contribution in [0.4, 0.5) is 0 Å². The Morgan fingerprint density at radius 1 is 1.43 bits per heavy atom. The summed E-state index contributed by atoms with van der Waals surface area (Å²) in [6, 6.07) is 3.33. The van der Waals surface area contributed by atoms with E-state index in [1.807, 2.05) is 13.2 Å². The van der Waals surface area contributed by atoms with Gasteiger partial charge in [-0.2, -0.15) is 10.2 Å². The van der Waals surface area contributed by atoms with Gasteiger partial charge in [-0.3, -0.25) is 9.48 Å². The molecule has 3 heterocycles. The maximum atomic E-state index is 12.0. The van der Waals surface area contributed by atoms with Crippen molar-refractivity contribution < 1.29 is 4.74 Å². The van der Waals surface area contributed by atoms with Crippen LogP contribution in [0.25, 0.3) is 11.3 Å². The van der Waals surface area contributed by atoms with Crippen molar-refractivity contribution in [3.05, 3.63) is 34.9 Å². The Morgan fingerprint density at radius 3 is 3.00 bits per heavy atom. The van der Waals surface area contributed by atoms with E-state index in [4.69, 9.17) is 4.74 Å². The highest BCUT2D eigenvalue weighted by Crippen LogP contribution is 2.21. The molecular formula is C15H20N4O2. The van der Waals surface area contributed by atoms with Crippen molar-refractivity contribution in [2.24, 2.45) is 13.0 Å². The predicted octanol–water partition coefficient (Wildman–Crippen LogP) is 1.46. The first kappa shape index (κ1) is 14.0. The molecule has 21 heavy (non-hydrogen) atoms. The number of hydrogen-bond acceptors (Lipinski definition) is 4. The molecule has 0 spiro atoms. The van der Waals surface area contributed by atoms with Gasteiger partial charge in [0.25, 0.3) is 5.56 Å². The van der Waals surface area contributed by atoms with Gasteiger partial charge in [-0.1, -0.05) is 0 Å². The van der Waals surface area contributed by atoms with Crippen molar-refractivity contribution in [3.8, 4) is 11.3 Å². The summed E-state index contributed by atoms with van der Waals surface area (Å²) in [6.07, 6.45) is 5.88. The van der Waals surface area contributed by atoms with Gasteiger partial charge in [-0.15, -0.1) is 0 Å². The average molecular weight is 288 g/mol. The lowest BCUT2D eigenvalue weighted by atomic mass is 9.96. The third-order valence-corrected chi connectivity index (χ3v) is 3.89. The van der Waals surface area contributed by atoms with Gasteiger partial charge >= 0.3 is 0 Å². The molecule has 2 aromatic heterocycles. The third-order valence-electron chi connectivity index (χ3n) is 3.89. The molecule has 0 amide bonds. The quantitative estimate of drug-likeness (QED) is 0.858. The fourth-order valence-corrected chi connectivity index (χ4v) is 2.79. The Morgan fingerprint density at radius 2 is 2.29 bits per heavy atom. The summed E-state index contributed by atoms with van der Waals surface area (Å²) in [6.45, 7) is 3.50. The molecule has 0 aliphatic carbocycles. The standard InChI is InChI=1S/C15H20N4O2/c1-11-7-12(5-6-21-11)9-19-15(20)4-3-14(17-19)13-8-16-18(2)10-13/h3-4,8,10-12H,5-7,9H2,1-2H3. The lowest BCUT2D eigenvalue weighted by Gasteiger charge is -2.27. The summed E-state index contributed by atoms with van der Waals surface area (Å²) >= 11 is 0. The Balaban J connectivity index is 1.83. The number of ether oxygens (including phenoxy) is 1. The Hall–Kier alpha value is -1.95. The van der Waals surface area contributed by atoms with Crippen LogP contribution >= 0.6 is 0 Å². The van der Waals surface area contributed by atoms with Gasteiger partial charge in [0, 0.05) is 38.0 Å². The van der Waals surface area contributed by atoms with Gasteiger partial charge in [0.05, 0.1) is 18.0 Å². The van der Waals surface area contributed by atoms with E-state index in [9.17, 15) is 4.79 Å². The van der Waals surface area contributed by atoms with Crippen molar-refractivity contribution >= 4 is 0 Å². The highest BCUT2D eigenvalue weighted by atomic mass is 16.5. The van der Waals surface area contributed by atoms with Crippen LogP contribution < -0.4 is 5.56 Å². The zero-order valence-electron chi connectivity index (χ0n) is 12.4. The number of aryl methyl sites for hydroxylation is 1. The maximum absolute atomic E-state index is 12.0. The van der Waals surface area contributed by atoms with Gasteiger partial charge in [0.2, 0.25) is 0 Å². The van der Waals surface area contributed by atoms with Gasteiger partial charge in [-0.25, -0.2) is 4.68 Å². The minimum atomic E-state index is -0.0539. The molecule has 6 nitrogen and oxygen atoms in total. The number of hydrogen-bond donors (Lipinski definition) is 0. The Kier molecular flexibility index (Phi) is 3.88. The number of nitrogens with zero attached hydrogens (tertiary/aromatic N) is 4. The molecule has 2 unspecified atom stereocenters. The molecule has 1 aliphatic rings. The molecule has 6 heteroatoms. The van der Waals surface area contributed by atoms with Gasteiger partial charge in [0.15, 0.2) is 0 Å². The maximum Gasteiger partial charge on any atom is 0.266 e. The van der Waals surface area contributed by atoms with Crippen molar-refractivity contribution in [1.29, 1.82) is 0 Å². The zero-order valence-corrected chi connectivity index (χ0v) is 12.4. The predicted molar refractivity (Wildman–Crippen MR) is 78.8 cm³/mol. The van der Waals surface area contributed by atoms with E-state index in [0.29, 0.717) is 12.5 Å². The van der Waals surface area contributed by atoms with Crippen molar-refractivity contribution in [1.82, 2.24) is 19.6 Å². The molecule has 0 N–H and O–H groups in total. The molecule has 1 saturated heterocycles. The lowest BCUT2D eigenvalue weighted by molar-refractivity contribution is -0.00206. The second-order valence-corrected chi connectivity index (χ2v) is 5.71. The summed E-state index contributed by atoms with van der Waals surface area (Å²) < 4.78 is 8.86. The van der Waals surface area contributed by atoms with Crippen LogP contribution in [0.1, 0.15) is 19.8 Å². The summed E-state index contributed by atoms with van der Waals surface area (Å²) in [5.74, 6) is 0.447. The van der Waals surface area contributed by atoms with Crippen molar-refractivity contribution in [2.75, 3.05) is 6.61 Å². The van der Waals surface area contributed by atoms with Gasteiger partial charge < -0.3 is 4.74 Å². The fraction of sp³-hybridized carbons (Fsp3) is 0.533. The highest BCUT2D eigenvalue weighted by molar-refractivity contribution is 5.55. The largest absolute Gasteiger partial charge is 0.378 e. The van der Waals surface area contributed by atoms with E-state index < -0.39 is 0 Å².